The molecular formula is C15H23NO2. The number of aliphatic hydroxyl groups excluding tert-OH is 1. The van der Waals surface area contributed by atoms with Gasteiger partial charge in [0, 0.05) is 0 Å². The first-order valence-electron chi connectivity index (χ1n) is 6.81. The molecule has 0 bridgehead atoms. The number of hydrogen-bond acceptors (Lipinski definition) is 3. The van der Waals surface area contributed by atoms with Gasteiger partial charge < -0.3 is 15.2 Å². The average Bonchev–Trinajstić information content (AvgIpc) is 2.46. The number of rotatable bonds is 5. The summed E-state index contributed by atoms with van der Waals surface area (Å²) < 4.78 is 5.21. The van der Waals surface area contributed by atoms with Crippen molar-refractivity contribution in [1.29, 1.82) is 0 Å². The van der Waals surface area contributed by atoms with Crippen LogP contribution in [-0.2, 0) is 6.42 Å². The molecule has 1 saturated heterocycles. The fourth-order valence-electron chi connectivity index (χ4n) is 2.61. The van der Waals surface area contributed by atoms with E-state index in [0.29, 0.717) is 5.92 Å². The second kappa shape index (κ2) is 6.76. The van der Waals surface area contributed by atoms with Gasteiger partial charge in [0.15, 0.2) is 0 Å². The van der Waals surface area contributed by atoms with Gasteiger partial charge in [0.05, 0.1) is 13.2 Å². The summed E-state index contributed by atoms with van der Waals surface area (Å²) in [5.41, 5.74) is 1.24. The smallest absolute Gasteiger partial charge is 0.119 e. The summed E-state index contributed by atoms with van der Waals surface area (Å²) in [7, 11) is 1.68. The van der Waals surface area contributed by atoms with Crippen LogP contribution >= 0.6 is 0 Å². The summed E-state index contributed by atoms with van der Waals surface area (Å²) in [4.78, 5) is 0. The lowest BCUT2D eigenvalue weighted by Crippen LogP contribution is -2.34. The summed E-state index contributed by atoms with van der Waals surface area (Å²) in [5, 5.41) is 13.5. The van der Waals surface area contributed by atoms with Gasteiger partial charge in [-0.3, -0.25) is 0 Å². The molecule has 0 aliphatic carbocycles. The average molecular weight is 249 g/mol. The Hall–Kier alpha value is -1.06. The third-order valence-corrected chi connectivity index (χ3v) is 3.79. The van der Waals surface area contributed by atoms with Crippen molar-refractivity contribution in [2.24, 2.45) is 5.92 Å². The summed E-state index contributed by atoms with van der Waals surface area (Å²) in [6.07, 6.45) is 3.79. The van der Waals surface area contributed by atoms with Crippen LogP contribution in [0.2, 0.25) is 0 Å². The number of benzene rings is 1. The Bertz CT molecular complexity index is 361. The summed E-state index contributed by atoms with van der Waals surface area (Å²) in [6.45, 7) is 2.09. The monoisotopic (exact) mass is 249 g/mol. The molecule has 1 fully saturated rings. The minimum atomic E-state index is -0.168. The molecule has 1 aromatic carbocycles. The van der Waals surface area contributed by atoms with Gasteiger partial charge in [-0.1, -0.05) is 12.1 Å². The van der Waals surface area contributed by atoms with Crippen molar-refractivity contribution in [2.45, 2.75) is 31.8 Å². The lowest BCUT2D eigenvalue weighted by Gasteiger charge is -2.27. The van der Waals surface area contributed by atoms with Crippen molar-refractivity contribution in [2.75, 3.05) is 20.2 Å². The zero-order valence-electron chi connectivity index (χ0n) is 11.1. The van der Waals surface area contributed by atoms with Crippen molar-refractivity contribution in [3.8, 4) is 5.75 Å². The molecule has 1 unspecified atom stereocenters. The molecule has 0 saturated carbocycles. The van der Waals surface area contributed by atoms with E-state index in [-0.39, 0.29) is 6.10 Å². The molecule has 1 aromatic rings. The molecule has 0 amide bonds. The van der Waals surface area contributed by atoms with E-state index in [0.717, 1.165) is 44.5 Å². The molecule has 0 aromatic heterocycles. The minimum absolute atomic E-state index is 0.168. The maximum Gasteiger partial charge on any atom is 0.119 e. The van der Waals surface area contributed by atoms with Gasteiger partial charge in [0.25, 0.3) is 0 Å². The van der Waals surface area contributed by atoms with E-state index in [9.17, 15) is 5.11 Å². The summed E-state index contributed by atoms with van der Waals surface area (Å²) in [6, 6.07) is 8.10. The molecule has 1 atom stereocenters. The van der Waals surface area contributed by atoms with Crippen LogP contribution in [0.25, 0.3) is 0 Å². The highest BCUT2D eigenvalue weighted by atomic mass is 16.5. The van der Waals surface area contributed by atoms with Crippen LogP contribution in [0.15, 0.2) is 24.3 Å². The predicted octanol–water partition coefficient (Wildman–Crippen LogP) is 1.99. The summed E-state index contributed by atoms with van der Waals surface area (Å²) >= 11 is 0. The van der Waals surface area contributed by atoms with Gasteiger partial charge in [-0.25, -0.2) is 0 Å². The zero-order valence-corrected chi connectivity index (χ0v) is 11.1. The molecule has 1 aliphatic heterocycles. The van der Waals surface area contributed by atoms with Gasteiger partial charge in [-0.2, -0.15) is 0 Å². The van der Waals surface area contributed by atoms with Crippen LogP contribution in [0.4, 0.5) is 0 Å². The first kappa shape index (κ1) is 13.4. The fraction of sp³-hybridized carbons (Fsp3) is 0.600. The third kappa shape index (κ3) is 3.72. The van der Waals surface area contributed by atoms with E-state index in [2.05, 4.69) is 17.4 Å². The van der Waals surface area contributed by atoms with Crippen LogP contribution in [0.3, 0.4) is 0 Å². The Morgan fingerprint density at radius 3 is 2.89 bits per heavy atom. The fourth-order valence-corrected chi connectivity index (χ4v) is 2.61. The van der Waals surface area contributed by atoms with Crippen LogP contribution in [0.5, 0.6) is 5.75 Å². The molecule has 3 heteroatoms. The van der Waals surface area contributed by atoms with Crippen molar-refractivity contribution in [1.82, 2.24) is 5.32 Å². The maximum absolute atomic E-state index is 10.2. The normalized spacial score (nSPS) is 18.6. The van der Waals surface area contributed by atoms with E-state index in [1.54, 1.807) is 7.11 Å². The largest absolute Gasteiger partial charge is 0.497 e. The zero-order chi connectivity index (χ0) is 12.8. The third-order valence-electron chi connectivity index (χ3n) is 3.79. The van der Waals surface area contributed by atoms with Crippen molar-refractivity contribution >= 4 is 0 Å². The Morgan fingerprint density at radius 2 is 2.17 bits per heavy atom. The number of piperidine rings is 1. The highest BCUT2D eigenvalue weighted by molar-refractivity contribution is 5.28. The van der Waals surface area contributed by atoms with Crippen LogP contribution in [0.1, 0.15) is 24.8 Å². The van der Waals surface area contributed by atoms with E-state index < -0.39 is 0 Å². The SMILES string of the molecule is COc1cccc(CCC(O)C2CCNCC2)c1. The van der Waals surface area contributed by atoms with Gasteiger partial charge in [0.2, 0.25) is 0 Å². The van der Waals surface area contributed by atoms with Gasteiger partial charge in [-0.15, -0.1) is 0 Å². The predicted molar refractivity (Wildman–Crippen MR) is 72.9 cm³/mol. The molecule has 18 heavy (non-hydrogen) atoms. The number of hydrogen-bond donors (Lipinski definition) is 2. The van der Waals surface area contributed by atoms with Crippen LogP contribution in [0, 0.1) is 5.92 Å². The van der Waals surface area contributed by atoms with Gasteiger partial charge >= 0.3 is 0 Å². The number of ether oxygens (including phenoxy) is 1. The highest BCUT2D eigenvalue weighted by Crippen LogP contribution is 2.21. The molecule has 100 valence electrons. The molecule has 3 nitrogen and oxygen atoms in total. The Morgan fingerprint density at radius 1 is 1.39 bits per heavy atom. The van der Waals surface area contributed by atoms with Gasteiger partial charge in [-0.05, 0) is 62.4 Å². The summed E-state index contributed by atoms with van der Waals surface area (Å²) in [5.74, 6) is 1.36. The van der Waals surface area contributed by atoms with Crippen molar-refractivity contribution in [3.63, 3.8) is 0 Å². The standard InChI is InChI=1S/C15H23NO2/c1-18-14-4-2-3-12(11-14)5-6-15(17)13-7-9-16-10-8-13/h2-4,11,13,15-17H,5-10H2,1H3. The quantitative estimate of drug-likeness (QED) is 0.838. The van der Waals surface area contributed by atoms with E-state index >= 15 is 0 Å². The van der Waals surface area contributed by atoms with E-state index in [1.165, 1.54) is 5.56 Å². The molecule has 0 spiro atoms. The van der Waals surface area contributed by atoms with Crippen LogP contribution in [-0.4, -0.2) is 31.4 Å². The molecular weight excluding hydrogens is 226 g/mol. The molecule has 2 rings (SSSR count). The van der Waals surface area contributed by atoms with Gasteiger partial charge in [0.1, 0.15) is 5.75 Å². The van der Waals surface area contributed by atoms with E-state index in [1.807, 2.05) is 12.1 Å². The molecule has 0 radical (unpaired) electrons. The lowest BCUT2D eigenvalue weighted by molar-refractivity contribution is 0.0813. The topological polar surface area (TPSA) is 41.5 Å². The number of methoxy groups -OCH3 is 1. The van der Waals surface area contributed by atoms with E-state index in [4.69, 9.17) is 4.74 Å². The maximum atomic E-state index is 10.2. The first-order valence-corrected chi connectivity index (χ1v) is 6.81. The minimum Gasteiger partial charge on any atom is -0.497 e. The van der Waals surface area contributed by atoms with Crippen molar-refractivity contribution < 1.29 is 9.84 Å². The number of aliphatic hydroxyl groups is 1. The van der Waals surface area contributed by atoms with Crippen LogP contribution < -0.4 is 10.1 Å². The molecule has 1 heterocycles. The first-order chi connectivity index (χ1) is 8.79. The Balaban J connectivity index is 1.82. The second-order valence-electron chi connectivity index (χ2n) is 5.04. The number of aryl methyl sites for hydroxylation is 1. The lowest BCUT2D eigenvalue weighted by atomic mass is 9.89. The Labute approximate surface area is 109 Å². The van der Waals surface area contributed by atoms with Crippen molar-refractivity contribution in [3.05, 3.63) is 29.8 Å². The molecule has 1 aliphatic rings. The highest BCUT2D eigenvalue weighted by Gasteiger charge is 2.21. The molecule has 2 N–H and O–H groups in total. The number of nitrogens with one attached hydrogen (secondary N) is 1. The Kier molecular flexibility index (Phi) is 5.02. The second-order valence-corrected chi connectivity index (χ2v) is 5.04.